The Kier molecular flexibility index (Phi) is 4.20. The minimum Gasteiger partial charge on any atom is -0.381 e. The lowest BCUT2D eigenvalue weighted by molar-refractivity contribution is -0.160. The van der Waals surface area contributed by atoms with E-state index in [1.54, 1.807) is 11.9 Å². The number of nitrogens with zero attached hydrogens (tertiary/aromatic N) is 2. The van der Waals surface area contributed by atoms with Crippen molar-refractivity contribution in [3.8, 4) is 6.07 Å². The van der Waals surface area contributed by atoms with Crippen molar-refractivity contribution >= 4 is 5.91 Å². The monoisotopic (exact) mass is 252 g/mol. The Morgan fingerprint density at radius 3 is 2.56 bits per heavy atom. The summed E-state index contributed by atoms with van der Waals surface area (Å²) in [6.07, 6.45) is 3.15. The molecule has 18 heavy (non-hydrogen) atoms. The molecular weight excluding hydrogens is 232 g/mol. The van der Waals surface area contributed by atoms with Gasteiger partial charge in [-0.3, -0.25) is 4.79 Å². The van der Waals surface area contributed by atoms with E-state index < -0.39 is 5.41 Å². The molecule has 2 fully saturated rings. The molecule has 100 valence electrons. The van der Waals surface area contributed by atoms with Crippen molar-refractivity contribution in [2.45, 2.75) is 19.3 Å². The van der Waals surface area contributed by atoms with Crippen molar-refractivity contribution in [2.75, 3.05) is 40.0 Å². The van der Waals surface area contributed by atoms with Crippen LogP contribution in [0.4, 0.5) is 0 Å². The van der Waals surface area contributed by atoms with E-state index in [1.807, 2.05) is 0 Å². The highest BCUT2D eigenvalue weighted by atomic mass is 16.5. The van der Waals surface area contributed by atoms with Gasteiger partial charge in [0.25, 0.3) is 0 Å². The fourth-order valence-corrected chi connectivity index (χ4v) is 2.42. The Morgan fingerprint density at radius 1 is 1.39 bits per heavy atom. The van der Waals surface area contributed by atoms with Gasteiger partial charge in [-0.25, -0.2) is 0 Å². The minimum absolute atomic E-state index is 0.0942. The van der Waals surface area contributed by atoms with Gasteiger partial charge in [0, 0.05) is 26.8 Å². The van der Waals surface area contributed by atoms with Crippen LogP contribution in [0.2, 0.25) is 0 Å². The normalized spacial score (nSPS) is 22.9. The predicted molar refractivity (Wildman–Crippen MR) is 64.7 cm³/mol. The SMILES string of the molecule is CN(CCC1CCOCC1)C(=O)C1(C#N)COC1. The van der Waals surface area contributed by atoms with Gasteiger partial charge in [-0.15, -0.1) is 0 Å². The second kappa shape index (κ2) is 5.68. The summed E-state index contributed by atoms with van der Waals surface area (Å²) in [4.78, 5) is 13.8. The predicted octanol–water partition coefficient (Wildman–Crippen LogP) is 0.802. The van der Waals surface area contributed by atoms with Crippen LogP contribution in [0, 0.1) is 22.7 Å². The highest BCUT2D eigenvalue weighted by molar-refractivity contribution is 5.86. The average molecular weight is 252 g/mol. The number of nitriles is 1. The van der Waals surface area contributed by atoms with Gasteiger partial charge in [0.15, 0.2) is 5.41 Å². The molecule has 2 heterocycles. The largest absolute Gasteiger partial charge is 0.381 e. The lowest BCUT2D eigenvalue weighted by Gasteiger charge is -2.37. The van der Waals surface area contributed by atoms with Gasteiger partial charge in [0.05, 0.1) is 19.3 Å². The first-order valence-corrected chi connectivity index (χ1v) is 6.50. The van der Waals surface area contributed by atoms with Crippen LogP contribution in [0.5, 0.6) is 0 Å². The summed E-state index contributed by atoms with van der Waals surface area (Å²) in [7, 11) is 1.78. The highest BCUT2D eigenvalue weighted by Gasteiger charge is 2.48. The average Bonchev–Trinajstić information content (AvgIpc) is 2.36. The summed E-state index contributed by atoms with van der Waals surface area (Å²) in [6, 6.07) is 2.10. The second-order valence-corrected chi connectivity index (χ2v) is 5.26. The zero-order chi connectivity index (χ0) is 13.0. The van der Waals surface area contributed by atoms with Crippen LogP contribution in [0.15, 0.2) is 0 Å². The maximum Gasteiger partial charge on any atom is 0.247 e. The molecule has 2 aliphatic rings. The molecule has 2 aliphatic heterocycles. The summed E-state index contributed by atoms with van der Waals surface area (Å²) in [6.45, 7) is 2.86. The van der Waals surface area contributed by atoms with E-state index in [-0.39, 0.29) is 19.1 Å². The molecule has 0 bridgehead atoms. The third-order valence-corrected chi connectivity index (χ3v) is 3.88. The first-order chi connectivity index (χ1) is 8.68. The molecule has 0 saturated carbocycles. The van der Waals surface area contributed by atoms with Crippen LogP contribution in [-0.4, -0.2) is 50.8 Å². The number of hydrogen-bond donors (Lipinski definition) is 0. The summed E-state index contributed by atoms with van der Waals surface area (Å²) in [5.41, 5.74) is -0.912. The number of rotatable bonds is 4. The van der Waals surface area contributed by atoms with Crippen molar-refractivity contribution in [3.63, 3.8) is 0 Å². The van der Waals surface area contributed by atoms with Crippen LogP contribution in [0.25, 0.3) is 0 Å². The second-order valence-electron chi connectivity index (χ2n) is 5.26. The fraction of sp³-hybridized carbons (Fsp3) is 0.846. The van der Waals surface area contributed by atoms with Gasteiger partial charge < -0.3 is 14.4 Å². The standard InChI is InChI=1S/C13H20N2O3/c1-15(5-2-11-3-6-17-7-4-11)12(16)13(8-14)9-18-10-13/h11H,2-7,9-10H2,1H3. The molecule has 0 aromatic heterocycles. The van der Waals surface area contributed by atoms with E-state index in [0.717, 1.165) is 32.5 Å². The van der Waals surface area contributed by atoms with Gasteiger partial charge >= 0.3 is 0 Å². The first-order valence-electron chi connectivity index (χ1n) is 6.50. The summed E-state index contributed by atoms with van der Waals surface area (Å²) in [5, 5.41) is 9.08. The topological polar surface area (TPSA) is 62.6 Å². The molecule has 0 N–H and O–H groups in total. The van der Waals surface area contributed by atoms with Gasteiger partial charge in [-0.2, -0.15) is 5.26 Å². The number of carbonyl (C=O) groups is 1. The Bertz CT molecular complexity index is 341. The van der Waals surface area contributed by atoms with E-state index >= 15 is 0 Å². The quantitative estimate of drug-likeness (QED) is 0.742. The molecule has 0 aliphatic carbocycles. The van der Waals surface area contributed by atoms with Crippen LogP contribution in [0.1, 0.15) is 19.3 Å². The summed E-state index contributed by atoms with van der Waals surface area (Å²) < 4.78 is 10.3. The van der Waals surface area contributed by atoms with Crippen molar-refractivity contribution < 1.29 is 14.3 Å². The third-order valence-electron chi connectivity index (χ3n) is 3.88. The van der Waals surface area contributed by atoms with E-state index in [2.05, 4.69) is 6.07 Å². The van der Waals surface area contributed by atoms with Crippen molar-refractivity contribution in [2.24, 2.45) is 11.3 Å². The van der Waals surface area contributed by atoms with Gasteiger partial charge in [0.1, 0.15) is 0 Å². The van der Waals surface area contributed by atoms with Gasteiger partial charge in [-0.1, -0.05) is 0 Å². The Balaban J connectivity index is 1.78. The van der Waals surface area contributed by atoms with E-state index in [9.17, 15) is 4.79 Å². The van der Waals surface area contributed by atoms with E-state index in [1.165, 1.54) is 0 Å². The first kappa shape index (κ1) is 13.3. The molecule has 5 heteroatoms. The molecule has 0 atom stereocenters. The van der Waals surface area contributed by atoms with Crippen molar-refractivity contribution in [1.29, 1.82) is 5.26 Å². The molecule has 2 saturated heterocycles. The van der Waals surface area contributed by atoms with Crippen LogP contribution >= 0.6 is 0 Å². The molecule has 0 unspecified atom stereocenters. The van der Waals surface area contributed by atoms with E-state index in [0.29, 0.717) is 12.5 Å². The Morgan fingerprint density at radius 2 is 2.06 bits per heavy atom. The van der Waals surface area contributed by atoms with Crippen LogP contribution in [-0.2, 0) is 14.3 Å². The number of hydrogen-bond acceptors (Lipinski definition) is 4. The third kappa shape index (κ3) is 2.65. The molecule has 5 nitrogen and oxygen atoms in total. The summed E-state index contributed by atoms with van der Waals surface area (Å²) in [5.74, 6) is 0.549. The highest BCUT2D eigenvalue weighted by Crippen LogP contribution is 2.29. The molecule has 1 amide bonds. The Hall–Kier alpha value is -1.12. The lowest BCUT2D eigenvalue weighted by Crippen LogP contribution is -2.53. The number of carbonyl (C=O) groups excluding carboxylic acids is 1. The smallest absolute Gasteiger partial charge is 0.247 e. The van der Waals surface area contributed by atoms with Gasteiger partial charge in [0.2, 0.25) is 5.91 Å². The maximum atomic E-state index is 12.1. The van der Waals surface area contributed by atoms with Crippen molar-refractivity contribution in [3.05, 3.63) is 0 Å². The van der Waals surface area contributed by atoms with Crippen LogP contribution in [0.3, 0.4) is 0 Å². The van der Waals surface area contributed by atoms with Gasteiger partial charge in [-0.05, 0) is 25.2 Å². The number of amides is 1. The number of ether oxygens (including phenoxy) is 2. The minimum atomic E-state index is -0.912. The Labute approximate surface area is 108 Å². The molecule has 0 spiro atoms. The fourth-order valence-electron chi connectivity index (χ4n) is 2.42. The zero-order valence-corrected chi connectivity index (χ0v) is 10.9. The molecule has 0 radical (unpaired) electrons. The van der Waals surface area contributed by atoms with Crippen LogP contribution < -0.4 is 0 Å². The summed E-state index contributed by atoms with van der Waals surface area (Å²) >= 11 is 0. The molecular formula is C13H20N2O3. The van der Waals surface area contributed by atoms with E-state index in [4.69, 9.17) is 14.7 Å². The van der Waals surface area contributed by atoms with Crippen molar-refractivity contribution in [1.82, 2.24) is 4.90 Å². The zero-order valence-electron chi connectivity index (χ0n) is 10.9. The lowest BCUT2D eigenvalue weighted by atomic mass is 9.86. The molecule has 0 aromatic carbocycles. The maximum absolute atomic E-state index is 12.1. The molecule has 2 rings (SSSR count). The molecule has 0 aromatic rings.